The molecule has 0 spiro atoms. The van der Waals surface area contributed by atoms with Crippen molar-refractivity contribution in [3.8, 4) is 5.75 Å². The van der Waals surface area contributed by atoms with E-state index in [-0.39, 0.29) is 12.3 Å². The molecule has 1 aliphatic heterocycles. The average Bonchev–Trinajstić information content (AvgIpc) is 2.57. The fraction of sp³-hybridized carbons (Fsp3) is 0.611. The lowest BCUT2D eigenvalue weighted by atomic mass is 9.99. The summed E-state index contributed by atoms with van der Waals surface area (Å²) in [4.78, 5) is 6.72. The Kier molecular flexibility index (Phi) is 7.56. The van der Waals surface area contributed by atoms with Gasteiger partial charge in [0.2, 0.25) is 0 Å². The maximum absolute atomic E-state index is 12.5. The standard InChI is InChI=1S/C18H27F3N4O/c1-3-22-17(23-11-14-7-6-10-25(2)13-14)24-12-15-8-4-5-9-16(15)26-18(19,20)21/h4-5,8-9,14H,3,6-7,10-13H2,1-2H3,(H2,22,23,24). The van der Waals surface area contributed by atoms with Crippen LogP contribution >= 0.6 is 0 Å². The molecule has 8 heteroatoms. The summed E-state index contributed by atoms with van der Waals surface area (Å²) in [5.74, 6) is 0.925. The molecule has 1 heterocycles. The van der Waals surface area contributed by atoms with Gasteiger partial charge < -0.3 is 20.3 Å². The van der Waals surface area contributed by atoms with Gasteiger partial charge in [-0.05, 0) is 45.3 Å². The van der Waals surface area contributed by atoms with Crippen molar-refractivity contribution in [2.24, 2.45) is 10.9 Å². The largest absolute Gasteiger partial charge is 0.573 e. The fourth-order valence-electron chi connectivity index (χ4n) is 3.05. The van der Waals surface area contributed by atoms with Gasteiger partial charge in [-0.25, -0.2) is 4.99 Å². The molecule has 0 saturated carbocycles. The zero-order valence-electron chi connectivity index (χ0n) is 15.3. The molecule has 0 aromatic heterocycles. The fourth-order valence-corrected chi connectivity index (χ4v) is 3.05. The highest BCUT2D eigenvalue weighted by Crippen LogP contribution is 2.26. The molecule has 1 aliphatic rings. The predicted octanol–water partition coefficient (Wildman–Crippen LogP) is 2.98. The van der Waals surface area contributed by atoms with E-state index in [1.54, 1.807) is 12.1 Å². The zero-order chi connectivity index (χ0) is 19.0. The van der Waals surface area contributed by atoms with E-state index in [9.17, 15) is 13.2 Å². The summed E-state index contributed by atoms with van der Waals surface area (Å²) in [5, 5.41) is 6.43. The number of piperidine rings is 1. The first-order chi connectivity index (χ1) is 12.4. The number of guanidine groups is 1. The van der Waals surface area contributed by atoms with Crippen LogP contribution in [0.3, 0.4) is 0 Å². The number of hydrogen-bond donors (Lipinski definition) is 2. The van der Waals surface area contributed by atoms with E-state index >= 15 is 0 Å². The number of nitrogens with zero attached hydrogens (tertiary/aromatic N) is 2. The van der Waals surface area contributed by atoms with Gasteiger partial charge in [0.05, 0.1) is 6.54 Å². The number of likely N-dealkylation sites (tertiary alicyclic amines) is 1. The maximum atomic E-state index is 12.5. The van der Waals surface area contributed by atoms with Crippen molar-refractivity contribution in [1.29, 1.82) is 0 Å². The molecule has 0 bridgehead atoms. The van der Waals surface area contributed by atoms with E-state index in [1.807, 2.05) is 6.92 Å². The summed E-state index contributed by atoms with van der Waals surface area (Å²) in [6.07, 6.45) is -2.37. The van der Waals surface area contributed by atoms with Crippen molar-refractivity contribution in [2.45, 2.75) is 32.7 Å². The van der Waals surface area contributed by atoms with Crippen LogP contribution < -0.4 is 15.4 Å². The first-order valence-electron chi connectivity index (χ1n) is 8.91. The SMILES string of the molecule is CCNC(=NCc1ccccc1OC(F)(F)F)NCC1CCCN(C)C1. The van der Waals surface area contributed by atoms with Crippen molar-refractivity contribution < 1.29 is 17.9 Å². The first-order valence-corrected chi connectivity index (χ1v) is 8.91. The van der Waals surface area contributed by atoms with Crippen molar-refractivity contribution in [3.05, 3.63) is 29.8 Å². The van der Waals surface area contributed by atoms with Crippen LogP contribution in [0, 0.1) is 5.92 Å². The third kappa shape index (κ3) is 7.11. The van der Waals surface area contributed by atoms with Gasteiger partial charge in [0, 0.05) is 25.2 Å². The highest BCUT2D eigenvalue weighted by molar-refractivity contribution is 5.79. The molecule has 1 atom stereocenters. The van der Waals surface area contributed by atoms with Crippen molar-refractivity contribution in [3.63, 3.8) is 0 Å². The van der Waals surface area contributed by atoms with Crippen LogP contribution in [-0.2, 0) is 6.54 Å². The Morgan fingerprint density at radius 1 is 1.31 bits per heavy atom. The molecule has 5 nitrogen and oxygen atoms in total. The molecule has 2 N–H and O–H groups in total. The van der Waals surface area contributed by atoms with Crippen LogP contribution in [-0.4, -0.2) is 50.4 Å². The number of para-hydroxylation sites is 1. The van der Waals surface area contributed by atoms with Gasteiger partial charge in [-0.2, -0.15) is 0 Å². The minimum Gasteiger partial charge on any atom is -0.405 e. The van der Waals surface area contributed by atoms with Crippen molar-refractivity contribution in [1.82, 2.24) is 15.5 Å². The van der Waals surface area contributed by atoms with Gasteiger partial charge in [-0.1, -0.05) is 18.2 Å². The normalized spacial score (nSPS) is 19.3. The minimum absolute atomic E-state index is 0.103. The highest BCUT2D eigenvalue weighted by atomic mass is 19.4. The molecule has 146 valence electrons. The summed E-state index contributed by atoms with van der Waals surface area (Å²) in [6.45, 7) is 5.68. The zero-order valence-corrected chi connectivity index (χ0v) is 15.3. The number of hydrogen-bond acceptors (Lipinski definition) is 3. The highest BCUT2D eigenvalue weighted by Gasteiger charge is 2.31. The molecule has 1 unspecified atom stereocenters. The Balaban J connectivity index is 1.98. The molecule has 26 heavy (non-hydrogen) atoms. The molecule has 0 aliphatic carbocycles. The second-order valence-corrected chi connectivity index (χ2v) is 6.50. The first kappa shape index (κ1) is 20.4. The lowest BCUT2D eigenvalue weighted by Crippen LogP contribution is -2.43. The molecular formula is C18H27F3N4O. The summed E-state index contributed by atoms with van der Waals surface area (Å²) in [5.41, 5.74) is 0.388. The van der Waals surface area contributed by atoms with Gasteiger partial charge >= 0.3 is 6.36 Å². The van der Waals surface area contributed by atoms with Gasteiger partial charge in [-0.3, -0.25) is 0 Å². The maximum Gasteiger partial charge on any atom is 0.573 e. The van der Waals surface area contributed by atoms with Gasteiger partial charge in [0.25, 0.3) is 0 Å². The molecule has 1 aromatic carbocycles. The van der Waals surface area contributed by atoms with Gasteiger partial charge in [0.15, 0.2) is 5.96 Å². The van der Waals surface area contributed by atoms with Crippen LogP contribution in [0.15, 0.2) is 29.3 Å². The Morgan fingerprint density at radius 3 is 2.77 bits per heavy atom. The van der Waals surface area contributed by atoms with E-state index in [2.05, 4.69) is 32.3 Å². The summed E-state index contributed by atoms with van der Waals surface area (Å²) >= 11 is 0. The number of benzene rings is 1. The number of nitrogens with one attached hydrogen (secondary N) is 2. The Hall–Kier alpha value is -1.96. The molecule has 2 rings (SSSR count). The van der Waals surface area contributed by atoms with Crippen LogP contribution in [0.1, 0.15) is 25.3 Å². The quantitative estimate of drug-likeness (QED) is 0.595. The van der Waals surface area contributed by atoms with E-state index < -0.39 is 6.36 Å². The predicted molar refractivity (Wildman–Crippen MR) is 96.2 cm³/mol. The molecule has 1 fully saturated rings. The van der Waals surface area contributed by atoms with Gasteiger partial charge in [0.1, 0.15) is 5.75 Å². The van der Waals surface area contributed by atoms with Crippen LogP contribution in [0.2, 0.25) is 0 Å². The molecule has 0 amide bonds. The van der Waals surface area contributed by atoms with E-state index in [1.165, 1.54) is 25.0 Å². The Bertz CT molecular complexity index is 592. The number of ether oxygens (including phenoxy) is 1. The second-order valence-electron chi connectivity index (χ2n) is 6.50. The van der Waals surface area contributed by atoms with Crippen LogP contribution in [0.25, 0.3) is 0 Å². The Labute approximate surface area is 152 Å². The second kappa shape index (κ2) is 9.66. The molecular weight excluding hydrogens is 345 g/mol. The van der Waals surface area contributed by atoms with Crippen LogP contribution in [0.5, 0.6) is 5.75 Å². The monoisotopic (exact) mass is 372 g/mol. The smallest absolute Gasteiger partial charge is 0.405 e. The van der Waals surface area contributed by atoms with Crippen LogP contribution in [0.4, 0.5) is 13.2 Å². The average molecular weight is 372 g/mol. The number of rotatable bonds is 6. The third-order valence-corrected chi connectivity index (χ3v) is 4.23. The van der Waals surface area contributed by atoms with Crippen molar-refractivity contribution >= 4 is 5.96 Å². The lowest BCUT2D eigenvalue weighted by molar-refractivity contribution is -0.274. The number of aliphatic imine (C=N–C) groups is 1. The topological polar surface area (TPSA) is 48.9 Å². The number of alkyl halides is 3. The molecule has 0 radical (unpaired) electrons. The third-order valence-electron chi connectivity index (χ3n) is 4.23. The van der Waals surface area contributed by atoms with Crippen molar-refractivity contribution in [2.75, 3.05) is 33.2 Å². The summed E-state index contributed by atoms with van der Waals surface area (Å²) < 4.78 is 41.6. The summed E-state index contributed by atoms with van der Waals surface area (Å²) in [6, 6.07) is 6.07. The molecule has 1 aromatic rings. The van der Waals surface area contributed by atoms with E-state index in [4.69, 9.17) is 0 Å². The number of halogens is 3. The molecule has 1 saturated heterocycles. The lowest BCUT2D eigenvalue weighted by Gasteiger charge is -2.30. The summed E-state index contributed by atoms with van der Waals surface area (Å²) in [7, 11) is 2.11. The Morgan fingerprint density at radius 2 is 2.08 bits per heavy atom. The minimum atomic E-state index is -4.71. The van der Waals surface area contributed by atoms with E-state index in [0.29, 0.717) is 24.0 Å². The van der Waals surface area contributed by atoms with Gasteiger partial charge in [-0.15, -0.1) is 13.2 Å². The van der Waals surface area contributed by atoms with E-state index in [0.717, 1.165) is 19.6 Å².